The molecule has 0 heterocycles. The fourth-order valence-corrected chi connectivity index (χ4v) is 2.68. The molecule has 1 amide bonds. The van der Waals surface area contributed by atoms with Crippen LogP contribution < -0.4 is 14.8 Å². The number of amides is 1. The van der Waals surface area contributed by atoms with Crippen molar-refractivity contribution in [2.45, 2.75) is 33.7 Å². The second-order valence-corrected chi connectivity index (χ2v) is 6.51. The number of hydrogen-bond donors (Lipinski definition) is 1. The predicted molar refractivity (Wildman–Crippen MR) is 107 cm³/mol. The van der Waals surface area contributed by atoms with Crippen molar-refractivity contribution in [3.63, 3.8) is 0 Å². The summed E-state index contributed by atoms with van der Waals surface area (Å²) in [7, 11) is 1.49. The molecule has 1 N–H and O–H groups in total. The van der Waals surface area contributed by atoms with Crippen molar-refractivity contribution in [1.82, 2.24) is 5.32 Å². The van der Waals surface area contributed by atoms with Gasteiger partial charge in [0.1, 0.15) is 0 Å². The summed E-state index contributed by atoms with van der Waals surface area (Å²) in [5, 5.41) is 2.84. The molecule has 0 radical (unpaired) electrons. The summed E-state index contributed by atoms with van der Waals surface area (Å²) < 4.78 is 15.8. The zero-order valence-corrected chi connectivity index (χ0v) is 17.0. The van der Waals surface area contributed by atoms with Crippen LogP contribution in [0.2, 0.25) is 0 Å². The highest BCUT2D eigenvalue weighted by Gasteiger charge is 2.15. The van der Waals surface area contributed by atoms with E-state index in [9.17, 15) is 9.59 Å². The maximum atomic E-state index is 12.2. The lowest BCUT2D eigenvalue weighted by Gasteiger charge is -2.16. The standard InChI is InChI=1S/C22H27NO5/c1-6-27-19-10-9-18(12-20(19)26-5)22(25)28-13-21(24)23-16(4)17-8-7-14(2)15(3)11-17/h7-12,16H,6,13H2,1-5H3,(H,23,24). The van der Waals surface area contributed by atoms with E-state index in [2.05, 4.69) is 5.32 Å². The predicted octanol–water partition coefficient (Wildman–Crippen LogP) is 3.74. The van der Waals surface area contributed by atoms with Crippen LogP contribution in [-0.4, -0.2) is 32.2 Å². The van der Waals surface area contributed by atoms with E-state index < -0.39 is 5.97 Å². The molecular formula is C22H27NO5. The van der Waals surface area contributed by atoms with E-state index in [1.54, 1.807) is 12.1 Å². The van der Waals surface area contributed by atoms with Crippen LogP contribution in [0.3, 0.4) is 0 Å². The lowest BCUT2D eigenvalue weighted by Crippen LogP contribution is -2.31. The van der Waals surface area contributed by atoms with Gasteiger partial charge < -0.3 is 19.5 Å². The van der Waals surface area contributed by atoms with Gasteiger partial charge in [-0.15, -0.1) is 0 Å². The number of aryl methyl sites for hydroxylation is 2. The van der Waals surface area contributed by atoms with Gasteiger partial charge in [0.05, 0.1) is 25.3 Å². The van der Waals surface area contributed by atoms with E-state index in [0.717, 1.165) is 11.1 Å². The molecule has 6 nitrogen and oxygen atoms in total. The minimum Gasteiger partial charge on any atom is -0.493 e. The average molecular weight is 385 g/mol. The molecule has 2 aromatic rings. The van der Waals surface area contributed by atoms with Crippen molar-refractivity contribution in [1.29, 1.82) is 0 Å². The van der Waals surface area contributed by atoms with Crippen LogP contribution in [0.5, 0.6) is 11.5 Å². The van der Waals surface area contributed by atoms with E-state index in [0.29, 0.717) is 18.1 Å². The number of methoxy groups -OCH3 is 1. The first-order chi connectivity index (χ1) is 13.3. The number of nitrogens with one attached hydrogen (secondary N) is 1. The van der Waals surface area contributed by atoms with Crippen molar-refractivity contribution in [2.24, 2.45) is 0 Å². The SMILES string of the molecule is CCOc1ccc(C(=O)OCC(=O)NC(C)c2ccc(C)c(C)c2)cc1OC. The molecule has 0 aliphatic carbocycles. The minimum absolute atomic E-state index is 0.184. The lowest BCUT2D eigenvalue weighted by atomic mass is 10.0. The average Bonchev–Trinajstić information content (AvgIpc) is 2.68. The number of hydrogen-bond acceptors (Lipinski definition) is 5. The second-order valence-electron chi connectivity index (χ2n) is 6.51. The second kappa shape index (κ2) is 9.78. The van der Waals surface area contributed by atoms with E-state index in [-0.39, 0.29) is 24.1 Å². The van der Waals surface area contributed by atoms with Gasteiger partial charge in [0, 0.05) is 0 Å². The smallest absolute Gasteiger partial charge is 0.338 e. The van der Waals surface area contributed by atoms with Crippen LogP contribution >= 0.6 is 0 Å². The van der Waals surface area contributed by atoms with E-state index in [1.165, 1.54) is 18.7 Å². The zero-order chi connectivity index (χ0) is 20.7. The Kier molecular flexibility index (Phi) is 7.44. The van der Waals surface area contributed by atoms with Gasteiger partial charge in [0.2, 0.25) is 0 Å². The van der Waals surface area contributed by atoms with Crippen LogP contribution in [-0.2, 0) is 9.53 Å². The van der Waals surface area contributed by atoms with Gasteiger partial charge in [-0.3, -0.25) is 4.79 Å². The molecule has 0 spiro atoms. The highest BCUT2D eigenvalue weighted by molar-refractivity contribution is 5.92. The molecule has 0 aromatic heterocycles. The highest BCUT2D eigenvalue weighted by Crippen LogP contribution is 2.28. The molecule has 0 saturated carbocycles. The molecule has 150 valence electrons. The fraction of sp³-hybridized carbons (Fsp3) is 0.364. The van der Waals surface area contributed by atoms with Crippen molar-refractivity contribution < 1.29 is 23.8 Å². The summed E-state index contributed by atoms with van der Waals surface area (Å²) >= 11 is 0. The van der Waals surface area contributed by atoms with Gasteiger partial charge in [0.15, 0.2) is 18.1 Å². The zero-order valence-electron chi connectivity index (χ0n) is 17.0. The normalized spacial score (nSPS) is 11.5. The molecule has 0 fully saturated rings. The first-order valence-electron chi connectivity index (χ1n) is 9.20. The van der Waals surface area contributed by atoms with Gasteiger partial charge in [-0.1, -0.05) is 18.2 Å². The van der Waals surface area contributed by atoms with Crippen LogP contribution in [0, 0.1) is 13.8 Å². The molecule has 1 unspecified atom stereocenters. The van der Waals surface area contributed by atoms with E-state index >= 15 is 0 Å². The molecule has 1 atom stereocenters. The van der Waals surface area contributed by atoms with E-state index in [4.69, 9.17) is 14.2 Å². The number of esters is 1. The maximum absolute atomic E-state index is 12.2. The van der Waals surface area contributed by atoms with Gasteiger partial charge >= 0.3 is 5.97 Å². The largest absolute Gasteiger partial charge is 0.493 e. The third-order valence-electron chi connectivity index (χ3n) is 4.44. The summed E-state index contributed by atoms with van der Waals surface area (Å²) in [5.74, 6) is 0.0120. The molecule has 0 bridgehead atoms. The third kappa shape index (κ3) is 5.49. The summed E-state index contributed by atoms with van der Waals surface area (Å²) in [6.07, 6.45) is 0. The topological polar surface area (TPSA) is 73.9 Å². The van der Waals surface area contributed by atoms with Gasteiger partial charge in [-0.05, 0) is 62.6 Å². The number of benzene rings is 2. The summed E-state index contributed by atoms with van der Waals surface area (Å²) in [6.45, 7) is 7.95. The molecule has 6 heteroatoms. The van der Waals surface area contributed by atoms with Crippen molar-refractivity contribution >= 4 is 11.9 Å². The summed E-state index contributed by atoms with van der Waals surface area (Å²) in [4.78, 5) is 24.4. The van der Waals surface area contributed by atoms with Crippen molar-refractivity contribution in [2.75, 3.05) is 20.3 Å². The van der Waals surface area contributed by atoms with Crippen LogP contribution in [0.15, 0.2) is 36.4 Å². The molecule has 28 heavy (non-hydrogen) atoms. The Labute approximate surface area is 165 Å². The number of carbonyl (C=O) groups is 2. The van der Waals surface area contributed by atoms with E-state index in [1.807, 2.05) is 45.9 Å². The van der Waals surface area contributed by atoms with Crippen molar-refractivity contribution in [3.8, 4) is 11.5 Å². The minimum atomic E-state index is -0.602. The molecule has 0 aliphatic heterocycles. The fourth-order valence-electron chi connectivity index (χ4n) is 2.68. The number of rotatable bonds is 8. The lowest BCUT2D eigenvalue weighted by molar-refractivity contribution is -0.124. The van der Waals surface area contributed by atoms with Crippen LogP contribution in [0.1, 0.15) is 46.9 Å². The number of carbonyl (C=O) groups excluding carboxylic acids is 2. The Morgan fingerprint density at radius 3 is 2.43 bits per heavy atom. The quantitative estimate of drug-likeness (QED) is 0.701. The summed E-state index contributed by atoms with van der Waals surface area (Å²) in [6, 6.07) is 10.6. The first-order valence-corrected chi connectivity index (χ1v) is 9.20. The Hall–Kier alpha value is -3.02. The van der Waals surface area contributed by atoms with Gasteiger partial charge in [0.25, 0.3) is 5.91 Å². The maximum Gasteiger partial charge on any atom is 0.338 e. The van der Waals surface area contributed by atoms with Crippen LogP contribution in [0.4, 0.5) is 0 Å². The Bertz CT molecular complexity index is 847. The Morgan fingerprint density at radius 1 is 1.04 bits per heavy atom. The monoisotopic (exact) mass is 385 g/mol. The Balaban J connectivity index is 1.93. The van der Waals surface area contributed by atoms with Gasteiger partial charge in [-0.25, -0.2) is 4.79 Å². The van der Waals surface area contributed by atoms with Gasteiger partial charge in [-0.2, -0.15) is 0 Å². The first kappa shape index (κ1) is 21.3. The molecular weight excluding hydrogens is 358 g/mol. The Morgan fingerprint density at radius 2 is 1.79 bits per heavy atom. The summed E-state index contributed by atoms with van der Waals surface area (Å²) in [5.41, 5.74) is 3.64. The molecule has 2 aromatic carbocycles. The molecule has 0 aliphatic rings. The third-order valence-corrected chi connectivity index (χ3v) is 4.44. The van der Waals surface area contributed by atoms with Crippen molar-refractivity contribution in [3.05, 3.63) is 58.7 Å². The van der Waals surface area contributed by atoms with Crippen LogP contribution in [0.25, 0.3) is 0 Å². The highest BCUT2D eigenvalue weighted by atomic mass is 16.5. The molecule has 2 rings (SSSR count). The molecule has 0 saturated heterocycles. The number of ether oxygens (including phenoxy) is 3.